The third-order valence-electron chi connectivity index (χ3n) is 3.14. The molecule has 0 spiro atoms. The van der Waals surface area contributed by atoms with Gasteiger partial charge in [-0.15, -0.1) is 11.6 Å². The van der Waals surface area contributed by atoms with Crippen molar-refractivity contribution in [3.8, 4) is 0 Å². The molecule has 5 heteroatoms. The monoisotopic (exact) mass is 236 g/mol. The number of pyridine rings is 1. The summed E-state index contributed by atoms with van der Waals surface area (Å²) in [4.78, 5) is 8.71. The molecule has 84 valence electrons. The number of imidazole rings is 1. The van der Waals surface area contributed by atoms with Gasteiger partial charge in [0.15, 0.2) is 5.82 Å². The molecule has 1 N–H and O–H groups in total. The first-order valence-corrected chi connectivity index (χ1v) is 5.88. The number of fused-ring (bicyclic) bond motifs is 1. The molecule has 0 amide bonds. The number of nitrogens with one attached hydrogen (secondary N) is 1. The fourth-order valence-electron chi connectivity index (χ4n) is 1.85. The largest absolute Gasteiger partial charge is 0.362 e. The molecule has 0 saturated heterocycles. The zero-order valence-electron chi connectivity index (χ0n) is 9.07. The second-order valence-corrected chi connectivity index (χ2v) is 4.69. The van der Waals surface area contributed by atoms with Crippen molar-refractivity contribution >= 4 is 28.5 Å². The normalized spacial score (nSPS) is 17.6. The summed E-state index contributed by atoms with van der Waals surface area (Å²) in [6.07, 6.45) is 5.83. The third kappa shape index (κ3) is 1.45. The molecule has 2 aromatic rings. The lowest BCUT2D eigenvalue weighted by molar-refractivity contribution is 0.831. The van der Waals surface area contributed by atoms with E-state index < -0.39 is 0 Å². The van der Waals surface area contributed by atoms with Crippen molar-refractivity contribution < 1.29 is 0 Å². The molecule has 3 rings (SSSR count). The van der Waals surface area contributed by atoms with Crippen LogP contribution in [0.5, 0.6) is 0 Å². The van der Waals surface area contributed by atoms with Crippen LogP contribution in [0, 0.1) is 0 Å². The molecule has 0 radical (unpaired) electrons. The number of anilines is 1. The molecule has 2 aromatic heterocycles. The van der Waals surface area contributed by atoms with Gasteiger partial charge in [0.05, 0.1) is 17.4 Å². The third-order valence-corrected chi connectivity index (χ3v) is 3.65. The number of aryl methyl sites for hydroxylation is 1. The van der Waals surface area contributed by atoms with Crippen molar-refractivity contribution in [2.75, 3.05) is 11.2 Å². The highest BCUT2D eigenvalue weighted by molar-refractivity contribution is 6.19. The van der Waals surface area contributed by atoms with Crippen LogP contribution < -0.4 is 5.32 Å². The Balaban J connectivity index is 2.03. The van der Waals surface area contributed by atoms with Gasteiger partial charge in [0.1, 0.15) is 5.52 Å². The minimum atomic E-state index is 0.0559. The zero-order valence-corrected chi connectivity index (χ0v) is 9.83. The molecule has 16 heavy (non-hydrogen) atoms. The Hall–Kier alpha value is -1.29. The lowest BCUT2D eigenvalue weighted by atomic mass is 10.3. The van der Waals surface area contributed by atoms with Crippen LogP contribution in [0.3, 0.4) is 0 Å². The Morgan fingerprint density at radius 2 is 2.31 bits per heavy atom. The van der Waals surface area contributed by atoms with E-state index >= 15 is 0 Å². The maximum atomic E-state index is 5.95. The number of alkyl halides is 1. The topological polar surface area (TPSA) is 42.7 Å². The Morgan fingerprint density at radius 1 is 1.50 bits per heavy atom. The molecule has 1 fully saturated rings. The highest BCUT2D eigenvalue weighted by Crippen LogP contribution is 2.40. The van der Waals surface area contributed by atoms with Crippen molar-refractivity contribution in [3.05, 3.63) is 18.6 Å². The zero-order chi connectivity index (χ0) is 11.2. The van der Waals surface area contributed by atoms with Gasteiger partial charge in [0, 0.05) is 19.1 Å². The molecular formula is C11H13ClN4. The maximum absolute atomic E-state index is 5.95. The van der Waals surface area contributed by atoms with Crippen molar-refractivity contribution in [1.29, 1.82) is 0 Å². The lowest BCUT2D eigenvalue weighted by Gasteiger charge is -2.14. The first kappa shape index (κ1) is 9.90. The SMILES string of the molecule is Cn1cnc2c(NC3(CCl)CC3)nccc21. The van der Waals surface area contributed by atoms with Gasteiger partial charge in [0.2, 0.25) is 0 Å². The Kier molecular flexibility index (Phi) is 2.07. The summed E-state index contributed by atoms with van der Waals surface area (Å²) in [5.74, 6) is 1.47. The van der Waals surface area contributed by atoms with Crippen LogP contribution in [-0.2, 0) is 7.05 Å². The van der Waals surface area contributed by atoms with E-state index in [0.717, 1.165) is 29.7 Å². The minimum Gasteiger partial charge on any atom is -0.362 e. The smallest absolute Gasteiger partial charge is 0.154 e. The predicted molar refractivity (Wildman–Crippen MR) is 64.8 cm³/mol. The van der Waals surface area contributed by atoms with E-state index in [0.29, 0.717) is 5.88 Å². The van der Waals surface area contributed by atoms with Gasteiger partial charge in [-0.05, 0) is 18.9 Å². The van der Waals surface area contributed by atoms with Crippen LogP contribution in [-0.4, -0.2) is 26.0 Å². The average molecular weight is 237 g/mol. The summed E-state index contributed by atoms with van der Waals surface area (Å²) in [6, 6.07) is 1.97. The summed E-state index contributed by atoms with van der Waals surface area (Å²) < 4.78 is 1.99. The molecule has 4 nitrogen and oxygen atoms in total. The number of aromatic nitrogens is 3. The van der Waals surface area contributed by atoms with Crippen LogP contribution in [0.1, 0.15) is 12.8 Å². The summed E-state index contributed by atoms with van der Waals surface area (Å²) in [5, 5.41) is 3.42. The Morgan fingerprint density at radius 3 is 3.00 bits per heavy atom. The summed E-state index contributed by atoms with van der Waals surface area (Å²) in [5.41, 5.74) is 2.06. The average Bonchev–Trinajstić information content (AvgIpc) is 2.98. The van der Waals surface area contributed by atoms with E-state index in [1.165, 1.54) is 0 Å². The molecule has 0 unspecified atom stereocenters. The van der Waals surface area contributed by atoms with Gasteiger partial charge in [-0.3, -0.25) is 0 Å². The maximum Gasteiger partial charge on any atom is 0.154 e. The molecule has 0 bridgehead atoms. The molecule has 0 atom stereocenters. The molecule has 1 aliphatic rings. The summed E-state index contributed by atoms with van der Waals surface area (Å²) in [7, 11) is 1.98. The van der Waals surface area contributed by atoms with Crippen LogP contribution in [0.4, 0.5) is 5.82 Å². The predicted octanol–water partition coefficient (Wildman–Crippen LogP) is 2.15. The number of nitrogens with zero attached hydrogens (tertiary/aromatic N) is 3. The summed E-state index contributed by atoms with van der Waals surface area (Å²) >= 11 is 5.95. The first-order valence-electron chi connectivity index (χ1n) is 5.34. The van der Waals surface area contributed by atoms with Crippen molar-refractivity contribution in [3.63, 3.8) is 0 Å². The Bertz CT molecular complexity index is 530. The first-order chi connectivity index (χ1) is 7.74. The van der Waals surface area contributed by atoms with Crippen molar-refractivity contribution in [2.45, 2.75) is 18.4 Å². The second kappa shape index (κ2) is 3.35. The second-order valence-electron chi connectivity index (χ2n) is 4.42. The van der Waals surface area contributed by atoms with E-state index in [-0.39, 0.29) is 5.54 Å². The number of rotatable bonds is 3. The van der Waals surface area contributed by atoms with Crippen LogP contribution in [0.15, 0.2) is 18.6 Å². The number of hydrogen-bond acceptors (Lipinski definition) is 3. The van der Waals surface area contributed by atoms with E-state index in [1.807, 2.05) is 17.7 Å². The van der Waals surface area contributed by atoms with Gasteiger partial charge in [-0.25, -0.2) is 9.97 Å². The molecule has 0 aromatic carbocycles. The van der Waals surface area contributed by atoms with Gasteiger partial charge < -0.3 is 9.88 Å². The van der Waals surface area contributed by atoms with E-state index in [4.69, 9.17) is 11.6 Å². The highest BCUT2D eigenvalue weighted by Gasteiger charge is 2.42. The van der Waals surface area contributed by atoms with Crippen LogP contribution in [0.2, 0.25) is 0 Å². The van der Waals surface area contributed by atoms with Gasteiger partial charge in [-0.1, -0.05) is 0 Å². The van der Waals surface area contributed by atoms with Crippen LogP contribution in [0.25, 0.3) is 11.0 Å². The summed E-state index contributed by atoms with van der Waals surface area (Å²) in [6.45, 7) is 0. The van der Waals surface area contributed by atoms with E-state index in [9.17, 15) is 0 Å². The Labute approximate surface area is 98.6 Å². The fraction of sp³-hybridized carbons (Fsp3) is 0.455. The van der Waals surface area contributed by atoms with E-state index in [2.05, 4.69) is 15.3 Å². The molecular weight excluding hydrogens is 224 g/mol. The fourth-order valence-corrected chi connectivity index (χ4v) is 2.18. The van der Waals surface area contributed by atoms with Crippen molar-refractivity contribution in [1.82, 2.24) is 14.5 Å². The highest BCUT2D eigenvalue weighted by atomic mass is 35.5. The molecule has 1 saturated carbocycles. The lowest BCUT2D eigenvalue weighted by Crippen LogP contribution is -2.23. The van der Waals surface area contributed by atoms with E-state index in [1.54, 1.807) is 12.5 Å². The number of hydrogen-bond donors (Lipinski definition) is 1. The molecule has 1 aliphatic carbocycles. The van der Waals surface area contributed by atoms with Gasteiger partial charge in [0.25, 0.3) is 0 Å². The molecule has 2 heterocycles. The van der Waals surface area contributed by atoms with Crippen molar-refractivity contribution in [2.24, 2.45) is 7.05 Å². The number of halogens is 1. The van der Waals surface area contributed by atoms with Gasteiger partial charge in [-0.2, -0.15) is 0 Å². The standard InChI is InChI=1S/C11H13ClN4/c1-16-7-14-9-8(16)2-5-13-10(9)15-11(6-12)3-4-11/h2,5,7H,3-4,6H2,1H3,(H,13,15). The van der Waals surface area contributed by atoms with Crippen LogP contribution >= 0.6 is 11.6 Å². The minimum absolute atomic E-state index is 0.0559. The van der Waals surface area contributed by atoms with Gasteiger partial charge >= 0.3 is 0 Å². The quantitative estimate of drug-likeness (QED) is 0.831. The molecule has 0 aliphatic heterocycles.